The van der Waals surface area contributed by atoms with Crippen LogP contribution in [0.1, 0.15) is 34.3 Å². The van der Waals surface area contributed by atoms with Crippen LogP contribution in [0.5, 0.6) is 5.75 Å². The van der Waals surface area contributed by atoms with Gasteiger partial charge in [0.1, 0.15) is 11.4 Å². The summed E-state index contributed by atoms with van der Waals surface area (Å²) in [5.41, 5.74) is 4.95. The summed E-state index contributed by atoms with van der Waals surface area (Å²) >= 11 is 0. The van der Waals surface area contributed by atoms with E-state index in [0.29, 0.717) is 44.0 Å². The Morgan fingerprint density at radius 1 is 1.14 bits per heavy atom. The van der Waals surface area contributed by atoms with Gasteiger partial charge in [0, 0.05) is 31.7 Å². The number of hydrogen-bond donors (Lipinski definition) is 1. The van der Waals surface area contributed by atoms with Crippen LogP contribution in [0.25, 0.3) is 11.3 Å². The highest BCUT2D eigenvalue weighted by atomic mass is 32.2. The van der Waals surface area contributed by atoms with E-state index in [2.05, 4.69) is 20.2 Å². The first kappa shape index (κ1) is 23.4. The number of carbonyl (C=O) groups is 1. The highest BCUT2D eigenvalue weighted by Crippen LogP contribution is 2.32. The average Bonchev–Trinajstić information content (AvgIpc) is 3.56. The SMILES string of the molecule is COc1cccc(-c2cc(C(=O)N3CCN(c4c(C)nn(C5CCS(=O)(=O)C5)c4C)CC3)[nH]n2)c1. The summed E-state index contributed by atoms with van der Waals surface area (Å²) < 4.78 is 31.1. The van der Waals surface area contributed by atoms with Crippen molar-refractivity contribution >= 4 is 21.4 Å². The molecule has 1 unspecified atom stereocenters. The number of amides is 1. The molecule has 2 aliphatic rings. The third-order valence-corrected chi connectivity index (χ3v) is 8.65. The van der Waals surface area contributed by atoms with Gasteiger partial charge in [-0.1, -0.05) is 12.1 Å². The van der Waals surface area contributed by atoms with Gasteiger partial charge in [0.2, 0.25) is 0 Å². The number of nitrogens with one attached hydrogen (secondary N) is 1. The number of methoxy groups -OCH3 is 1. The van der Waals surface area contributed by atoms with Crippen LogP contribution in [0.2, 0.25) is 0 Å². The van der Waals surface area contributed by atoms with E-state index in [9.17, 15) is 13.2 Å². The molecule has 4 heterocycles. The molecule has 1 amide bonds. The Kier molecular flexibility index (Phi) is 6.04. The minimum atomic E-state index is -2.98. The molecule has 3 aromatic rings. The fourth-order valence-corrected chi connectivity index (χ4v) is 6.79. The second-order valence-electron chi connectivity index (χ2n) is 9.20. The van der Waals surface area contributed by atoms with Crippen LogP contribution in [-0.2, 0) is 9.84 Å². The van der Waals surface area contributed by atoms with Crippen LogP contribution >= 0.6 is 0 Å². The van der Waals surface area contributed by atoms with Gasteiger partial charge in [-0.05, 0) is 38.5 Å². The van der Waals surface area contributed by atoms with Gasteiger partial charge in [0.25, 0.3) is 5.91 Å². The predicted octanol–water partition coefficient (Wildman–Crippen LogP) is 2.22. The number of anilines is 1. The van der Waals surface area contributed by atoms with Crippen LogP contribution in [-0.4, -0.2) is 84.0 Å². The molecule has 1 atom stereocenters. The van der Waals surface area contributed by atoms with Crippen molar-refractivity contribution in [2.45, 2.75) is 26.3 Å². The molecule has 35 heavy (non-hydrogen) atoms. The van der Waals surface area contributed by atoms with E-state index in [1.54, 1.807) is 13.2 Å². The first-order valence-corrected chi connectivity index (χ1v) is 13.6. The molecule has 0 radical (unpaired) electrons. The molecular formula is C24H30N6O4S. The molecule has 11 heteroatoms. The summed E-state index contributed by atoms with van der Waals surface area (Å²) in [6, 6.07) is 9.24. The Bertz CT molecular complexity index is 1350. The lowest BCUT2D eigenvalue weighted by atomic mass is 10.1. The molecule has 186 valence electrons. The van der Waals surface area contributed by atoms with Crippen LogP contribution in [0.15, 0.2) is 30.3 Å². The van der Waals surface area contributed by atoms with Crippen molar-refractivity contribution < 1.29 is 17.9 Å². The van der Waals surface area contributed by atoms with Crippen molar-refractivity contribution in [2.24, 2.45) is 0 Å². The molecule has 1 N–H and O–H groups in total. The quantitative estimate of drug-likeness (QED) is 0.574. The molecule has 2 saturated heterocycles. The standard InChI is InChI=1S/C24H30N6O4S/c1-16-23(17(2)30(27-16)19-7-12-35(32,33)15-19)28-8-10-29(11-9-28)24(31)22-14-21(25-26-22)18-5-4-6-20(13-18)34-3/h4-6,13-14,19H,7-12,15H2,1-3H3,(H,25,26). The second kappa shape index (κ2) is 9.03. The molecule has 0 spiro atoms. The predicted molar refractivity (Wildman–Crippen MR) is 133 cm³/mol. The van der Waals surface area contributed by atoms with E-state index in [1.165, 1.54) is 0 Å². The molecule has 0 saturated carbocycles. The van der Waals surface area contributed by atoms with Crippen LogP contribution in [0.3, 0.4) is 0 Å². The number of hydrogen-bond acceptors (Lipinski definition) is 7. The molecule has 0 bridgehead atoms. The van der Waals surface area contributed by atoms with E-state index < -0.39 is 9.84 Å². The normalized spacial score (nSPS) is 19.8. The van der Waals surface area contributed by atoms with E-state index in [1.807, 2.05) is 47.7 Å². The lowest BCUT2D eigenvalue weighted by molar-refractivity contribution is 0.0741. The number of nitrogens with zero attached hydrogens (tertiary/aromatic N) is 5. The number of piperazine rings is 1. The van der Waals surface area contributed by atoms with Gasteiger partial charge < -0.3 is 14.5 Å². The summed E-state index contributed by atoms with van der Waals surface area (Å²) in [6.45, 7) is 6.48. The molecule has 5 rings (SSSR count). The van der Waals surface area contributed by atoms with Crippen LogP contribution in [0.4, 0.5) is 5.69 Å². The third-order valence-electron chi connectivity index (χ3n) is 6.90. The Balaban J connectivity index is 1.26. The van der Waals surface area contributed by atoms with Gasteiger partial charge in [0.05, 0.1) is 47.4 Å². The highest BCUT2D eigenvalue weighted by molar-refractivity contribution is 7.91. The zero-order valence-electron chi connectivity index (χ0n) is 20.2. The zero-order valence-corrected chi connectivity index (χ0v) is 21.0. The number of aromatic nitrogens is 4. The smallest absolute Gasteiger partial charge is 0.272 e. The Morgan fingerprint density at radius 2 is 1.91 bits per heavy atom. The number of carbonyl (C=O) groups excluding carboxylic acids is 1. The molecule has 2 aliphatic heterocycles. The summed E-state index contributed by atoms with van der Waals surface area (Å²) in [6.07, 6.45) is 0.605. The van der Waals surface area contributed by atoms with Crippen molar-refractivity contribution in [3.05, 3.63) is 47.4 Å². The van der Waals surface area contributed by atoms with Gasteiger partial charge in [-0.25, -0.2) is 8.42 Å². The minimum Gasteiger partial charge on any atom is -0.497 e. The van der Waals surface area contributed by atoms with E-state index in [-0.39, 0.29) is 23.5 Å². The topological polar surface area (TPSA) is 113 Å². The van der Waals surface area contributed by atoms with Crippen molar-refractivity contribution in [3.8, 4) is 17.0 Å². The Morgan fingerprint density at radius 3 is 2.60 bits per heavy atom. The summed E-state index contributed by atoms with van der Waals surface area (Å²) in [4.78, 5) is 17.2. The molecule has 0 aliphatic carbocycles. The minimum absolute atomic E-state index is 0.0772. The Labute approximate surface area is 204 Å². The van der Waals surface area contributed by atoms with Gasteiger partial charge in [-0.2, -0.15) is 10.2 Å². The first-order valence-electron chi connectivity index (χ1n) is 11.8. The maximum Gasteiger partial charge on any atom is 0.272 e. The fraction of sp³-hybridized carbons (Fsp3) is 0.458. The van der Waals surface area contributed by atoms with Gasteiger partial charge in [0.15, 0.2) is 9.84 Å². The van der Waals surface area contributed by atoms with E-state index in [4.69, 9.17) is 4.74 Å². The molecule has 2 fully saturated rings. The second-order valence-corrected chi connectivity index (χ2v) is 11.4. The maximum absolute atomic E-state index is 13.1. The van der Waals surface area contributed by atoms with Gasteiger partial charge in [-0.15, -0.1) is 0 Å². The zero-order chi connectivity index (χ0) is 24.7. The van der Waals surface area contributed by atoms with Crippen LogP contribution < -0.4 is 9.64 Å². The van der Waals surface area contributed by atoms with Crippen molar-refractivity contribution in [2.75, 3.05) is 49.7 Å². The maximum atomic E-state index is 13.1. The van der Waals surface area contributed by atoms with Gasteiger partial charge >= 0.3 is 0 Å². The van der Waals surface area contributed by atoms with Crippen LogP contribution in [0, 0.1) is 13.8 Å². The number of sulfone groups is 1. The average molecular weight is 499 g/mol. The van der Waals surface area contributed by atoms with Crippen molar-refractivity contribution in [3.63, 3.8) is 0 Å². The Hall–Kier alpha value is -3.34. The number of aromatic amines is 1. The highest BCUT2D eigenvalue weighted by Gasteiger charge is 2.33. The summed E-state index contributed by atoms with van der Waals surface area (Å²) in [5.74, 6) is 1.03. The van der Waals surface area contributed by atoms with Crippen molar-refractivity contribution in [1.29, 1.82) is 0 Å². The van der Waals surface area contributed by atoms with E-state index >= 15 is 0 Å². The largest absolute Gasteiger partial charge is 0.497 e. The number of ether oxygens (including phenoxy) is 1. The summed E-state index contributed by atoms with van der Waals surface area (Å²) in [7, 11) is -1.37. The lowest BCUT2D eigenvalue weighted by Gasteiger charge is -2.36. The fourth-order valence-electron chi connectivity index (χ4n) is 5.10. The van der Waals surface area contributed by atoms with Crippen molar-refractivity contribution in [1.82, 2.24) is 24.9 Å². The lowest BCUT2D eigenvalue weighted by Crippen LogP contribution is -2.49. The molecule has 1 aromatic carbocycles. The molecule has 10 nitrogen and oxygen atoms in total. The number of benzene rings is 1. The first-order chi connectivity index (χ1) is 16.8. The number of aryl methyl sites for hydroxylation is 1. The monoisotopic (exact) mass is 498 g/mol. The molecule has 2 aromatic heterocycles. The van der Waals surface area contributed by atoms with E-state index in [0.717, 1.165) is 28.4 Å². The van der Waals surface area contributed by atoms with Gasteiger partial charge in [-0.3, -0.25) is 14.6 Å². The molecular weight excluding hydrogens is 468 g/mol. The third kappa shape index (κ3) is 4.52. The number of H-pyrrole nitrogens is 1. The number of rotatable bonds is 5. The summed E-state index contributed by atoms with van der Waals surface area (Å²) in [5, 5.41) is 11.9.